The Bertz CT molecular complexity index is 452. The standard InChI is InChI=1S/C15H22N2O3/c1-15(2,3)12(10-14(19)20)17-13(18)5-4-11-6-8-16-9-7-11/h6-9,12H,4-5,10H2,1-3H3,(H,17,18)(H,19,20). The Morgan fingerprint density at radius 3 is 2.40 bits per heavy atom. The van der Waals surface area contributed by atoms with Crippen molar-refractivity contribution in [2.75, 3.05) is 0 Å². The van der Waals surface area contributed by atoms with Gasteiger partial charge in [0.1, 0.15) is 0 Å². The summed E-state index contributed by atoms with van der Waals surface area (Å²) in [5.41, 5.74) is 0.755. The molecule has 0 aromatic carbocycles. The monoisotopic (exact) mass is 278 g/mol. The first-order valence-corrected chi connectivity index (χ1v) is 6.69. The minimum absolute atomic E-state index is 0.0650. The molecule has 0 radical (unpaired) electrons. The average molecular weight is 278 g/mol. The summed E-state index contributed by atoms with van der Waals surface area (Å²) < 4.78 is 0. The van der Waals surface area contributed by atoms with Gasteiger partial charge in [0.15, 0.2) is 0 Å². The molecule has 5 heteroatoms. The number of carboxylic acids is 1. The maximum atomic E-state index is 11.9. The molecule has 0 aliphatic carbocycles. The van der Waals surface area contributed by atoms with Crippen LogP contribution in [0.15, 0.2) is 24.5 Å². The maximum absolute atomic E-state index is 11.9. The summed E-state index contributed by atoms with van der Waals surface area (Å²) in [6, 6.07) is 3.36. The first-order chi connectivity index (χ1) is 9.29. The number of nitrogens with zero attached hydrogens (tertiary/aromatic N) is 1. The van der Waals surface area contributed by atoms with Crippen molar-refractivity contribution in [1.29, 1.82) is 0 Å². The molecule has 1 heterocycles. The number of aromatic nitrogens is 1. The van der Waals surface area contributed by atoms with Crippen LogP contribution < -0.4 is 5.32 Å². The number of rotatable bonds is 6. The van der Waals surface area contributed by atoms with E-state index in [4.69, 9.17) is 5.11 Å². The molecular formula is C15H22N2O3. The van der Waals surface area contributed by atoms with Gasteiger partial charge in [-0.3, -0.25) is 14.6 Å². The summed E-state index contributed by atoms with van der Waals surface area (Å²) in [6.45, 7) is 5.76. The average Bonchev–Trinajstić information content (AvgIpc) is 2.35. The fourth-order valence-corrected chi connectivity index (χ4v) is 1.82. The summed E-state index contributed by atoms with van der Waals surface area (Å²) in [5.74, 6) is -1.03. The van der Waals surface area contributed by atoms with Crippen LogP contribution in [0.3, 0.4) is 0 Å². The Kier molecular flexibility index (Phi) is 5.67. The van der Waals surface area contributed by atoms with Crippen LogP contribution in [0.5, 0.6) is 0 Å². The Hall–Kier alpha value is -1.91. The molecule has 1 aromatic rings. The van der Waals surface area contributed by atoms with E-state index in [1.54, 1.807) is 12.4 Å². The molecule has 0 saturated heterocycles. The molecule has 0 saturated carbocycles. The van der Waals surface area contributed by atoms with E-state index in [-0.39, 0.29) is 23.8 Å². The Balaban J connectivity index is 2.52. The lowest BCUT2D eigenvalue weighted by Crippen LogP contribution is -2.45. The van der Waals surface area contributed by atoms with Gasteiger partial charge in [0.2, 0.25) is 5.91 Å². The number of carbonyl (C=O) groups excluding carboxylic acids is 1. The highest BCUT2D eigenvalue weighted by atomic mass is 16.4. The van der Waals surface area contributed by atoms with Crippen molar-refractivity contribution < 1.29 is 14.7 Å². The fourth-order valence-electron chi connectivity index (χ4n) is 1.82. The molecule has 0 aliphatic heterocycles. The zero-order valence-electron chi connectivity index (χ0n) is 12.2. The minimum Gasteiger partial charge on any atom is -0.481 e. The van der Waals surface area contributed by atoms with Gasteiger partial charge in [0.05, 0.1) is 6.42 Å². The van der Waals surface area contributed by atoms with Crippen LogP contribution in [0, 0.1) is 5.41 Å². The highest BCUT2D eigenvalue weighted by molar-refractivity contribution is 5.77. The van der Waals surface area contributed by atoms with Gasteiger partial charge in [-0.05, 0) is 29.5 Å². The van der Waals surface area contributed by atoms with Gasteiger partial charge in [0.25, 0.3) is 0 Å². The van der Waals surface area contributed by atoms with Crippen molar-refractivity contribution in [2.24, 2.45) is 5.41 Å². The summed E-state index contributed by atoms with van der Waals surface area (Å²) >= 11 is 0. The van der Waals surface area contributed by atoms with Crippen molar-refractivity contribution >= 4 is 11.9 Å². The van der Waals surface area contributed by atoms with E-state index in [9.17, 15) is 9.59 Å². The number of aliphatic carboxylic acids is 1. The van der Waals surface area contributed by atoms with E-state index in [2.05, 4.69) is 10.3 Å². The molecule has 2 N–H and O–H groups in total. The van der Waals surface area contributed by atoms with E-state index in [1.165, 1.54) is 0 Å². The lowest BCUT2D eigenvalue weighted by Gasteiger charge is -2.30. The molecule has 0 fully saturated rings. The second-order valence-electron chi connectivity index (χ2n) is 5.94. The number of hydrogen-bond acceptors (Lipinski definition) is 3. The zero-order chi connectivity index (χ0) is 15.2. The number of carboxylic acid groups (broad SMARTS) is 1. The number of nitrogens with one attached hydrogen (secondary N) is 1. The van der Waals surface area contributed by atoms with Gasteiger partial charge >= 0.3 is 5.97 Å². The van der Waals surface area contributed by atoms with Crippen molar-refractivity contribution in [3.8, 4) is 0 Å². The van der Waals surface area contributed by atoms with Crippen LogP contribution in [0.2, 0.25) is 0 Å². The van der Waals surface area contributed by atoms with Crippen molar-refractivity contribution in [3.05, 3.63) is 30.1 Å². The lowest BCUT2D eigenvalue weighted by atomic mass is 9.84. The van der Waals surface area contributed by atoms with Crippen LogP contribution in [0.1, 0.15) is 39.2 Å². The summed E-state index contributed by atoms with van der Waals surface area (Å²) in [4.78, 5) is 26.7. The molecule has 20 heavy (non-hydrogen) atoms. The second kappa shape index (κ2) is 7.03. The first-order valence-electron chi connectivity index (χ1n) is 6.69. The number of pyridine rings is 1. The predicted octanol–water partition coefficient (Wildman–Crippen LogP) is 2.02. The second-order valence-corrected chi connectivity index (χ2v) is 5.94. The molecular weight excluding hydrogens is 256 g/mol. The van der Waals surface area contributed by atoms with Gasteiger partial charge in [-0.1, -0.05) is 20.8 Å². The normalized spacial score (nSPS) is 12.8. The van der Waals surface area contributed by atoms with E-state index < -0.39 is 5.97 Å². The third kappa shape index (κ3) is 5.82. The quantitative estimate of drug-likeness (QED) is 0.834. The first kappa shape index (κ1) is 16.1. The molecule has 5 nitrogen and oxygen atoms in total. The molecule has 0 aliphatic rings. The van der Waals surface area contributed by atoms with Crippen molar-refractivity contribution in [2.45, 2.75) is 46.1 Å². The molecule has 0 spiro atoms. The van der Waals surface area contributed by atoms with E-state index in [0.29, 0.717) is 12.8 Å². The topological polar surface area (TPSA) is 79.3 Å². The van der Waals surface area contributed by atoms with Crippen LogP contribution >= 0.6 is 0 Å². The highest BCUT2D eigenvalue weighted by Crippen LogP contribution is 2.22. The summed E-state index contributed by atoms with van der Waals surface area (Å²) in [6.07, 6.45) is 4.28. The molecule has 1 atom stereocenters. The molecule has 0 bridgehead atoms. The SMILES string of the molecule is CC(C)(C)C(CC(=O)O)NC(=O)CCc1ccncc1. The molecule has 1 rings (SSSR count). The molecule has 1 aromatic heterocycles. The van der Waals surface area contributed by atoms with Crippen molar-refractivity contribution in [1.82, 2.24) is 10.3 Å². The van der Waals surface area contributed by atoms with Gasteiger partial charge in [0, 0.05) is 24.9 Å². The largest absolute Gasteiger partial charge is 0.481 e. The van der Waals surface area contributed by atoms with Crippen molar-refractivity contribution in [3.63, 3.8) is 0 Å². The third-order valence-corrected chi connectivity index (χ3v) is 3.15. The third-order valence-electron chi connectivity index (χ3n) is 3.15. The van der Waals surface area contributed by atoms with Gasteiger partial charge in [-0.2, -0.15) is 0 Å². The molecule has 110 valence electrons. The number of aryl methyl sites for hydroxylation is 1. The van der Waals surface area contributed by atoms with Crippen LogP contribution in [0.25, 0.3) is 0 Å². The summed E-state index contributed by atoms with van der Waals surface area (Å²) in [5, 5.41) is 11.7. The molecule has 1 amide bonds. The summed E-state index contributed by atoms with van der Waals surface area (Å²) in [7, 11) is 0. The van der Waals surface area contributed by atoms with E-state index >= 15 is 0 Å². The van der Waals surface area contributed by atoms with Crippen LogP contribution in [0.4, 0.5) is 0 Å². The van der Waals surface area contributed by atoms with Gasteiger partial charge in [-0.25, -0.2) is 0 Å². The number of amides is 1. The molecule has 1 unspecified atom stereocenters. The van der Waals surface area contributed by atoms with Gasteiger partial charge in [-0.15, -0.1) is 0 Å². The van der Waals surface area contributed by atoms with Crippen LogP contribution in [-0.2, 0) is 16.0 Å². The highest BCUT2D eigenvalue weighted by Gasteiger charge is 2.28. The Morgan fingerprint density at radius 2 is 1.90 bits per heavy atom. The lowest BCUT2D eigenvalue weighted by molar-refractivity contribution is -0.138. The van der Waals surface area contributed by atoms with E-state index in [0.717, 1.165) is 5.56 Å². The number of carbonyl (C=O) groups is 2. The van der Waals surface area contributed by atoms with Crippen LogP contribution in [-0.4, -0.2) is 28.0 Å². The fraction of sp³-hybridized carbons (Fsp3) is 0.533. The zero-order valence-corrected chi connectivity index (χ0v) is 12.2. The number of hydrogen-bond donors (Lipinski definition) is 2. The predicted molar refractivity (Wildman–Crippen MR) is 76.2 cm³/mol. The Morgan fingerprint density at radius 1 is 1.30 bits per heavy atom. The van der Waals surface area contributed by atoms with E-state index in [1.807, 2.05) is 32.9 Å². The smallest absolute Gasteiger partial charge is 0.305 e. The Labute approximate surface area is 119 Å². The maximum Gasteiger partial charge on any atom is 0.305 e. The minimum atomic E-state index is -0.903. The van der Waals surface area contributed by atoms with Gasteiger partial charge < -0.3 is 10.4 Å².